The normalized spacial score (nSPS) is 9.76. The quantitative estimate of drug-likeness (QED) is 0.654. The van der Waals surface area contributed by atoms with Gasteiger partial charge in [0.2, 0.25) is 0 Å². The van der Waals surface area contributed by atoms with Crippen LogP contribution in [0.2, 0.25) is 0 Å². The minimum Gasteiger partial charge on any atom is -0.492 e. The molecule has 0 spiro atoms. The Bertz CT molecular complexity index is 599. The van der Waals surface area contributed by atoms with Gasteiger partial charge in [0, 0.05) is 11.8 Å². The molecule has 0 aliphatic rings. The van der Waals surface area contributed by atoms with Crippen molar-refractivity contribution in [3.05, 3.63) is 59.9 Å². The molecule has 0 bridgehead atoms. The van der Waals surface area contributed by atoms with E-state index in [1.807, 2.05) is 12.1 Å². The Hall–Kier alpha value is -2.31. The van der Waals surface area contributed by atoms with E-state index in [0.29, 0.717) is 6.61 Å². The molecule has 0 aliphatic heterocycles. The highest BCUT2D eigenvalue weighted by atomic mass is 16.5. The molecule has 1 heterocycles. The fourth-order valence-corrected chi connectivity index (χ4v) is 1.97. The van der Waals surface area contributed by atoms with E-state index in [9.17, 15) is 0 Å². The molecule has 0 saturated carbocycles. The number of hydrogen-bond acceptors (Lipinski definition) is 3. The van der Waals surface area contributed by atoms with Crippen molar-refractivity contribution >= 4 is 0 Å². The van der Waals surface area contributed by atoms with E-state index >= 15 is 0 Å². The summed E-state index contributed by atoms with van der Waals surface area (Å²) >= 11 is 0. The van der Waals surface area contributed by atoms with E-state index in [1.54, 1.807) is 12.4 Å². The maximum absolute atomic E-state index is 8.67. The molecule has 21 heavy (non-hydrogen) atoms. The van der Waals surface area contributed by atoms with Gasteiger partial charge >= 0.3 is 0 Å². The highest BCUT2D eigenvalue weighted by Gasteiger charge is 1.97. The molecule has 0 saturated heterocycles. The number of aryl methyl sites for hydroxylation is 1. The van der Waals surface area contributed by atoms with Gasteiger partial charge in [-0.2, -0.15) is 0 Å². The van der Waals surface area contributed by atoms with Crippen molar-refractivity contribution in [2.45, 2.75) is 19.3 Å². The van der Waals surface area contributed by atoms with Crippen LogP contribution in [0.1, 0.15) is 24.0 Å². The number of aromatic nitrogens is 1. The second kappa shape index (κ2) is 8.78. The zero-order valence-corrected chi connectivity index (χ0v) is 12.0. The lowest BCUT2D eigenvalue weighted by Gasteiger charge is -2.06. The Labute approximate surface area is 125 Å². The molecule has 1 N–H and O–H groups in total. The summed E-state index contributed by atoms with van der Waals surface area (Å²) in [5.74, 6) is 6.13. The van der Waals surface area contributed by atoms with Gasteiger partial charge in [-0.3, -0.25) is 4.98 Å². The van der Waals surface area contributed by atoms with Crippen LogP contribution in [0.5, 0.6) is 5.75 Å². The van der Waals surface area contributed by atoms with E-state index in [0.717, 1.165) is 30.6 Å². The van der Waals surface area contributed by atoms with Crippen LogP contribution in [0.4, 0.5) is 0 Å². The number of benzene rings is 1. The number of hydrogen-bond donors (Lipinski definition) is 1. The first kappa shape index (κ1) is 15.1. The minimum absolute atomic E-state index is 0.148. The van der Waals surface area contributed by atoms with Gasteiger partial charge in [-0.25, -0.2) is 0 Å². The molecule has 0 aliphatic carbocycles. The molecular formula is C18H19NO2. The average molecular weight is 281 g/mol. The van der Waals surface area contributed by atoms with Gasteiger partial charge in [0.05, 0.1) is 12.8 Å². The summed E-state index contributed by atoms with van der Waals surface area (Å²) in [7, 11) is 0. The van der Waals surface area contributed by atoms with Crippen molar-refractivity contribution in [3.63, 3.8) is 0 Å². The predicted molar refractivity (Wildman–Crippen MR) is 83.1 cm³/mol. The van der Waals surface area contributed by atoms with E-state index in [1.165, 1.54) is 5.56 Å². The third-order valence-corrected chi connectivity index (χ3v) is 3.00. The smallest absolute Gasteiger partial charge is 0.138 e. The standard InChI is InChI=1S/C18H19NO2/c20-11-6-10-17-13-18(15-19-14-17)21-12-5-4-9-16-7-2-1-3-8-16/h1-3,7-8,13-15,20H,4-5,9,11-12H2. The molecule has 0 unspecified atom stereocenters. The molecule has 0 radical (unpaired) electrons. The van der Waals surface area contributed by atoms with Crippen LogP contribution in [-0.4, -0.2) is 23.3 Å². The molecule has 0 amide bonds. The highest BCUT2D eigenvalue weighted by Crippen LogP contribution is 2.11. The van der Waals surface area contributed by atoms with E-state index in [2.05, 4.69) is 41.1 Å². The van der Waals surface area contributed by atoms with Crippen molar-refractivity contribution in [1.29, 1.82) is 0 Å². The molecule has 1 aromatic carbocycles. The molecule has 0 atom stereocenters. The van der Waals surface area contributed by atoms with Crippen molar-refractivity contribution in [2.24, 2.45) is 0 Å². The molecule has 1 aromatic heterocycles. The maximum Gasteiger partial charge on any atom is 0.138 e. The van der Waals surface area contributed by atoms with Crippen molar-refractivity contribution in [1.82, 2.24) is 4.98 Å². The van der Waals surface area contributed by atoms with Crippen LogP contribution in [0.3, 0.4) is 0 Å². The van der Waals surface area contributed by atoms with Crippen molar-refractivity contribution < 1.29 is 9.84 Å². The summed E-state index contributed by atoms with van der Waals surface area (Å²) in [6.07, 6.45) is 6.51. The van der Waals surface area contributed by atoms with Gasteiger partial charge in [-0.05, 0) is 30.9 Å². The first-order valence-electron chi connectivity index (χ1n) is 7.10. The summed E-state index contributed by atoms with van der Waals surface area (Å²) < 4.78 is 5.67. The summed E-state index contributed by atoms with van der Waals surface area (Å²) in [5.41, 5.74) is 2.12. The summed E-state index contributed by atoms with van der Waals surface area (Å²) in [5, 5.41) is 8.67. The first-order valence-corrected chi connectivity index (χ1v) is 7.10. The molecule has 3 heteroatoms. The number of aliphatic hydroxyl groups is 1. The molecule has 3 nitrogen and oxygen atoms in total. The summed E-state index contributed by atoms with van der Waals surface area (Å²) in [6, 6.07) is 12.3. The molecular weight excluding hydrogens is 262 g/mol. The first-order chi connectivity index (χ1) is 10.4. The Balaban J connectivity index is 1.71. The predicted octanol–water partition coefficient (Wildman–Crippen LogP) is 2.83. The Morgan fingerprint density at radius 2 is 1.95 bits per heavy atom. The molecule has 108 valence electrons. The van der Waals surface area contributed by atoms with Gasteiger partial charge in [-0.15, -0.1) is 0 Å². The van der Waals surface area contributed by atoms with E-state index < -0.39 is 0 Å². The van der Waals surface area contributed by atoms with Gasteiger partial charge in [0.25, 0.3) is 0 Å². The minimum atomic E-state index is -0.148. The Kier molecular flexibility index (Phi) is 6.31. The van der Waals surface area contributed by atoms with Gasteiger partial charge in [0.15, 0.2) is 0 Å². The zero-order valence-electron chi connectivity index (χ0n) is 12.0. The topological polar surface area (TPSA) is 42.4 Å². The lowest BCUT2D eigenvalue weighted by molar-refractivity contribution is 0.305. The van der Waals surface area contributed by atoms with Crippen LogP contribution in [0.25, 0.3) is 0 Å². The lowest BCUT2D eigenvalue weighted by Crippen LogP contribution is -1.99. The summed E-state index contributed by atoms with van der Waals surface area (Å²) in [4.78, 5) is 4.07. The Morgan fingerprint density at radius 1 is 1.10 bits per heavy atom. The third-order valence-electron chi connectivity index (χ3n) is 3.00. The van der Waals surface area contributed by atoms with Crippen LogP contribution in [0, 0.1) is 11.8 Å². The Morgan fingerprint density at radius 3 is 2.76 bits per heavy atom. The van der Waals surface area contributed by atoms with Crippen molar-refractivity contribution in [2.75, 3.05) is 13.2 Å². The number of ether oxygens (including phenoxy) is 1. The second-order valence-corrected chi connectivity index (χ2v) is 4.66. The van der Waals surface area contributed by atoms with Gasteiger partial charge < -0.3 is 9.84 Å². The van der Waals surface area contributed by atoms with Crippen LogP contribution in [0.15, 0.2) is 48.8 Å². The maximum atomic E-state index is 8.67. The number of pyridine rings is 1. The molecule has 2 rings (SSSR count). The van der Waals surface area contributed by atoms with E-state index in [-0.39, 0.29) is 6.61 Å². The van der Waals surface area contributed by atoms with E-state index in [4.69, 9.17) is 9.84 Å². The molecule has 2 aromatic rings. The largest absolute Gasteiger partial charge is 0.492 e. The summed E-state index contributed by atoms with van der Waals surface area (Å²) in [6.45, 7) is 0.524. The third kappa shape index (κ3) is 5.68. The average Bonchev–Trinajstić information content (AvgIpc) is 2.54. The SMILES string of the molecule is OCC#Cc1cncc(OCCCCc2ccccc2)c1. The highest BCUT2D eigenvalue weighted by molar-refractivity contribution is 5.36. The van der Waals surface area contributed by atoms with Crippen LogP contribution in [-0.2, 0) is 6.42 Å². The van der Waals surface area contributed by atoms with Crippen LogP contribution >= 0.6 is 0 Å². The second-order valence-electron chi connectivity index (χ2n) is 4.66. The van der Waals surface area contributed by atoms with Crippen LogP contribution < -0.4 is 4.74 Å². The fraction of sp³-hybridized carbons (Fsp3) is 0.278. The van der Waals surface area contributed by atoms with Gasteiger partial charge in [-0.1, -0.05) is 42.2 Å². The van der Waals surface area contributed by atoms with Gasteiger partial charge in [0.1, 0.15) is 12.4 Å². The fourth-order valence-electron chi connectivity index (χ4n) is 1.97. The monoisotopic (exact) mass is 281 g/mol. The number of aliphatic hydroxyl groups excluding tert-OH is 1. The zero-order chi connectivity index (χ0) is 14.8. The lowest BCUT2D eigenvalue weighted by atomic mass is 10.1. The van der Waals surface area contributed by atoms with Crippen molar-refractivity contribution in [3.8, 4) is 17.6 Å². The number of nitrogens with zero attached hydrogens (tertiary/aromatic N) is 1. The number of rotatable bonds is 6. The molecule has 0 fully saturated rings. The number of unbranched alkanes of at least 4 members (excludes halogenated alkanes) is 1.